The molecule has 0 saturated carbocycles. The van der Waals surface area contributed by atoms with Crippen molar-refractivity contribution in [2.75, 3.05) is 13.1 Å². The number of rotatable bonds is 5. The Morgan fingerprint density at radius 2 is 1.58 bits per heavy atom. The lowest BCUT2D eigenvalue weighted by atomic mass is 10.0. The molecule has 3 aromatic heterocycles. The summed E-state index contributed by atoms with van der Waals surface area (Å²) in [4.78, 5) is 22.2. The lowest BCUT2D eigenvalue weighted by Crippen LogP contribution is -2.40. The Morgan fingerprint density at radius 1 is 0.917 bits per heavy atom. The van der Waals surface area contributed by atoms with E-state index in [0.29, 0.717) is 18.7 Å². The van der Waals surface area contributed by atoms with Crippen LogP contribution in [0, 0.1) is 0 Å². The van der Waals surface area contributed by atoms with Crippen molar-refractivity contribution in [3.05, 3.63) is 61.4 Å². The Morgan fingerprint density at radius 3 is 2.25 bits per heavy atom. The number of aromatic nitrogens is 6. The predicted molar refractivity (Wildman–Crippen MR) is 126 cm³/mol. The van der Waals surface area contributed by atoms with Gasteiger partial charge in [0.1, 0.15) is 6.42 Å². The number of amides is 1. The van der Waals surface area contributed by atoms with E-state index in [1.165, 1.54) is 4.90 Å². The fourth-order valence-electron chi connectivity index (χ4n) is 4.38. The number of alkyl halides is 3. The largest absolute Gasteiger partial charge is 0.397 e. The Kier molecular flexibility index (Phi) is 6.29. The van der Waals surface area contributed by atoms with Crippen LogP contribution in [0.25, 0.3) is 33.6 Å². The molecule has 8 nitrogen and oxygen atoms in total. The highest BCUT2D eigenvalue weighted by atomic mass is 19.4. The van der Waals surface area contributed by atoms with Gasteiger partial charge in [-0.3, -0.25) is 14.2 Å². The van der Waals surface area contributed by atoms with Crippen LogP contribution in [-0.2, 0) is 11.8 Å². The van der Waals surface area contributed by atoms with Gasteiger partial charge in [-0.25, -0.2) is 9.97 Å². The molecule has 0 N–H and O–H groups in total. The van der Waals surface area contributed by atoms with Crippen molar-refractivity contribution in [2.45, 2.75) is 31.5 Å². The van der Waals surface area contributed by atoms with Gasteiger partial charge >= 0.3 is 6.18 Å². The monoisotopic (exact) mass is 495 g/mol. The summed E-state index contributed by atoms with van der Waals surface area (Å²) in [6.45, 7) is 0.565. The second-order valence-corrected chi connectivity index (χ2v) is 8.89. The number of carbonyl (C=O) groups excluding carboxylic acids is 1. The average molecular weight is 496 g/mol. The molecule has 0 bridgehead atoms. The Balaban J connectivity index is 1.24. The first kappa shape index (κ1) is 23.7. The number of aryl methyl sites for hydroxylation is 1. The molecule has 11 heteroatoms. The van der Waals surface area contributed by atoms with E-state index in [-0.39, 0.29) is 19.1 Å². The molecule has 5 rings (SSSR count). The van der Waals surface area contributed by atoms with E-state index < -0.39 is 18.5 Å². The van der Waals surface area contributed by atoms with Gasteiger partial charge in [0.15, 0.2) is 5.82 Å². The van der Waals surface area contributed by atoms with Crippen LogP contribution in [0.2, 0.25) is 0 Å². The van der Waals surface area contributed by atoms with Crippen LogP contribution in [-0.4, -0.2) is 59.6 Å². The number of hydrogen-bond donors (Lipinski definition) is 0. The minimum atomic E-state index is -4.48. The van der Waals surface area contributed by atoms with Crippen molar-refractivity contribution in [3.63, 3.8) is 0 Å². The van der Waals surface area contributed by atoms with E-state index >= 15 is 0 Å². The molecule has 1 fully saturated rings. The first-order valence-corrected chi connectivity index (χ1v) is 11.6. The van der Waals surface area contributed by atoms with Crippen molar-refractivity contribution in [1.29, 1.82) is 0 Å². The SMILES string of the molecule is Cn1cc(-c2cccc(-c3ncc(-c4cnn(C5CCN(C(=O)CC(F)(F)F)CC5)c4)cn3)c2)cn1. The van der Waals surface area contributed by atoms with Gasteiger partial charge in [-0.05, 0) is 24.5 Å². The molecule has 0 aliphatic carbocycles. The molecule has 1 aliphatic rings. The molecule has 4 heterocycles. The number of nitrogens with zero attached hydrogens (tertiary/aromatic N) is 7. The van der Waals surface area contributed by atoms with Gasteiger partial charge in [-0.15, -0.1) is 0 Å². The number of likely N-dealkylation sites (tertiary alicyclic amines) is 1. The maximum atomic E-state index is 12.5. The van der Waals surface area contributed by atoms with Gasteiger partial charge in [-0.1, -0.05) is 18.2 Å². The molecular weight excluding hydrogens is 471 g/mol. The third-order valence-electron chi connectivity index (χ3n) is 6.29. The van der Waals surface area contributed by atoms with Crippen molar-refractivity contribution in [2.24, 2.45) is 7.05 Å². The smallest absolute Gasteiger partial charge is 0.342 e. The molecule has 0 radical (unpaired) electrons. The minimum absolute atomic E-state index is 0.0177. The number of hydrogen-bond acceptors (Lipinski definition) is 5. The Bertz CT molecular complexity index is 1350. The molecule has 1 aromatic carbocycles. The first-order chi connectivity index (χ1) is 17.2. The zero-order valence-electron chi connectivity index (χ0n) is 19.6. The van der Waals surface area contributed by atoms with Crippen molar-refractivity contribution >= 4 is 5.91 Å². The maximum absolute atomic E-state index is 12.5. The number of carbonyl (C=O) groups is 1. The van der Waals surface area contributed by atoms with Crippen LogP contribution in [0.3, 0.4) is 0 Å². The number of piperidine rings is 1. The summed E-state index contributed by atoms with van der Waals surface area (Å²) < 4.78 is 41.1. The van der Waals surface area contributed by atoms with Crippen LogP contribution < -0.4 is 0 Å². The highest BCUT2D eigenvalue weighted by Crippen LogP contribution is 2.28. The fourth-order valence-corrected chi connectivity index (χ4v) is 4.38. The van der Waals surface area contributed by atoms with Crippen LogP contribution in [0.15, 0.2) is 61.4 Å². The topological polar surface area (TPSA) is 81.7 Å². The van der Waals surface area contributed by atoms with E-state index in [0.717, 1.165) is 27.8 Å². The van der Waals surface area contributed by atoms with Gasteiger partial charge in [0.25, 0.3) is 0 Å². The summed E-state index contributed by atoms with van der Waals surface area (Å²) in [6, 6.07) is 7.97. The second kappa shape index (κ2) is 9.56. The molecular formula is C25H24F3N7O. The first-order valence-electron chi connectivity index (χ1n) is 11.6. The fraction of sp³-hybridized carbons (Fsp3) is 0.320. The lowest BCUT2D eigenvalue weighted by Gasteiger charge is -2.32. The summed E-state index contributed by atoms with van der Waals surface area (Å²) in [5.41, 5.74) is 4.59. The highest BCUT2D eigenvalue weighted by molar-refractivity contribution is 5.77. The minimum Gasteiger partial charge on any atom is -0.342 e. The average Bonchev–Trinajstić information content (AvgIpc) is 3.53. The second-order valence-electron chi connectivity index (χ2n) is 8.89. The summed E-state index contributed by atoms with van der Waals surface area (Å²) >= 11 is 0. The van der Waals surface area contributed by atoms with Gasteiger partial charge in [-0.2, -0.15) is 23.4 Å². The van der Waals surface area contributed by atoms with Crippen LogP contribution >= 0.6 is 0 Å². The Labute approximate surface area is 205 Å². The number of halogens is 3. The lowest BCUT2D eigenvalue weighted by molar-refractivity contribution is -0.162. The number of benzene rings is 1. The van der Waals surface area contributed by atoms with E-state index in [9.17, 15) is 18.0 Å². The molecule has 0 unspecified atom stereocenters. The van der Waals surface area contributed by atoms with E-state index in [1.807, 2.05) is 54.6 Å². The van der Waals surface area contributed by atoms with Gasteiger partial charge in [0, 0.05) is 67.2 Å². The third kappa shape index (κ3) is 5.29. The predicted octanol–water partition coefficient (Wildman–Crippen LogP) is 4.52. The molecule has 36 heavy (non-hydrogen) atoms. The van der Waals surface area contributed by atoms with E-state index in [4.69, 9.17) is 0 Å². The van der Waals surface area contributed by atoms with Crippen LogP contribution in [0.1, 0.15) is 25.3 Å². The van der Waals surface area contributed by atoms with Crippen molar-refractivity contribution in [3.8, 4) is 33.6 Å². The summed E-state index contributed by atoms with van der Waals surface area (Å²) in [5, 5.41) is 8.66. The molecule has 1 saturated heterocycles. The van der Waals surface area contributed by atoms with Crippen molar-refractivity contribution in [1.82, 2.24) is 34.4 Å². The quantitative estimate of drug-likeness (QED) is 0.407. The molecule has 1 aliphatic heterocycles. The van der Waals surface area contributed by atoms with E-state index in [2.05, 4.69) is 20.2 Å². The molecule has 1 amide bonds. The van der Waals surface area contributed by atoms with Gasteiger partial charge in [0.05, 0.1) is 18.4 Å². The van der Waals surface area contributed by atoms with Crippen LogP contribution in [0.4, 0.5) is 13.2 Å². The zero-order chi connectivity index (χ0) is 25.3. The zero-order valence-corrected chi connectivity index (χ0v) is 19.6. The summed E-state index contributed by atoms with van der Waals surface area (Å²) in [7, 11) is 1.87. The molecule has 0 spiro atoms. The normalized spacial score (nSPS) is 14.8. The molecule has 0 atom stereocenters. The highest BCUT2D eigenvalue weighted by Gasteiger charge is 2.35. The van der Waals surface area contributed by atoms with Gasteiger partial charge in [0.2, 0.25) is 5.91 Å². The standard InChI is InChI=1S/C25H24F3N7O/c1-33-15-20(13-31-33)17-3-2-4-18(9-17)24-29-11-19(12-30-24)21-14-32-35(16-21)22-5-7-34(8-6-22)23(36)10-25(26,27)28/h2-4,9,11-16,22H,5-8,10H2,1H3. The molecule has 4 aromatic rings. The van der Waals surface area contributed by atoms with Crippen molar-refractivity contribution < 1.29 is 18.0 Å². The summed E-state index contributed by atoms with van der Waals surface area (Å²) in [5.74, 6) is -0.266. The van der Waals surface area contributed by atoms with Gasteiger partial charge < -0.3 is 4.90 Å². The Hall–Kier alpha value is -4.02. The van der Waals surface area contributed by atoms with E-state index in [1.54, 1.807) is 23.3 Å². The maximum Gasteiger partial charge on any atom is 0.397 e. The molecule has 186 valence electrons. The summed E-state index contributed by atoms with van der Waals surface area (Å²) in [6.07, 6.45) is 6.08. The van der Waals surface area contributed by atoms with Crippen LogP contribution in [0.5, 0.6) is 0 Å². The third-order valence-corrected chi connectivity index (χ3v) is 6.29.